The molecule has 0 N–H and O–H groups in total. The van der Waals surface area contributed by atoms with Crippen molar-refractivity contribution >= 4 is 28.7 Å². The van der Waals surface area contributed by atoms with Crippen LogP contribution in [0.4, 0.5) is 0 Å². The van der Waals surface area contributed by atoms with Gasteiger partial charge in [0.2, 0.25) is 5.78 Å². The predicted molar refractivity (Wildman–Crippen MR) is 82.6 cm³/mol. The van der Waals surface area contributed by atoms with E-state index >= 15 is 0 Å². The van der Waals surface area contributed by atoms with E-state index in [0.29, 0.717) is 9.21 Å². The van der Waals surface area contributed by atoms with E-state index in [-0.39, 0.29) is 11.2 Å². The molecule has 0 fully saturated rings. The number of halogens is 1. The molecule has 0 bridgehead atoms. The Kier molecular flexibility index (Phi) is 3.84. The number of rotatable bonds is 2. The zero-order valence-electron chi connectivity index (χ0n) is 11.6. The Morgan fingerprint density at radius 3 is 2.37 bits per heavy atom. The van der Waals surface area contributed by atoms with Gasteiger partial charge >= 0.3 is 0 Å². The summed E-state index contributed by atoms with van der Waals surface area (Å²) in [7, 11) is 0. The van der Waals surface area contributed by atoms with E-state index in [9.17, 15) is 4.79 Å². The summed E-state index contributed by atoms with van der Waals surface area (Å²) < 4.78 is 0.691. The SMILES string of the molecule is Cc1cc(C(=O)c2ccccc2C(C)(C)C)sc1Cl. The summed E-state index contributed by atoms with van der Waals surface area (Å²) in [5.41, 5.74) is 2.75. The van der Waals surface area contributed by atoms with E-state index in [1.54, 1.807) is 0 Å². The van der Waals surface area contributed by atoms with Crippen molar-refractivity contribution in [2.75, 3.05) is 0 Å². The van der Waals surface area contributed by atoms with E-state index in [2.05, 4.69) is 20.8 Å². The van der Waals surface area contributed by atoms with Crippen LogP contribution in [0.15, 0.2) is 30.3 Å². The molecule has 0 saturated carbocycles. The zero-order valence-corrected chi connectivity index (χ0v) is 13.2. The molecule has 2 aromatic rings. The van der Waals surface area contributed by atoms with Crippen LogP contribution in [0.25, 0.3) is 0 Å². The van der Waals surface area contributed by atoms with Crippen LogP contribution in [-0.2, 0) is 5.41 Å². The highest BCUT2D eigenvalue weighted by Crippen LogP contribution is 2.32. The average molecular weight is 293 g/mol. The standard InChI is InChI=1S/C16H17ClOS/c1-10-9-13(19-15(10)17)14(18)11-7-5-6-8-12(11)16(2,3)4/h5-9H,1-4H3. The van der Waals surface area contributed by atoms with Gasteiger partial charge in [0.25, 0.3) is 0 Å². The summed E-state index contributed by atoms with van der Waals surface area (Å²) in [6.07, 6.45) is 0. The molecule has 0 aliphatic heterocycles. The fraction of sp³-hybridized carbons (Fsp3) is 0.312. The first-order valence-electron chi connectivity index (χ1n) is 6.21. The lowest BCUT2D eigenvalue weighted by atomic mass is 9.82. The lowest BCUT2D eigenvalue weighted by Crippen LogP contribution is -2.16. The number of hydrogen-bond donors (Lipinski definition) is 0. The zero-order chi connectivity index (χ0) is 14.2. The van der Waals surface area contributed by atoms with Crippen molar-refractivity contribution in [3.8, 4) is 0 Å². The van der Waals surface area contributed by atoms with Gasteiger partial charge < -0.3 is 0 Å². The highest BCUT2D eigenvalue weighted by atomic mass is 35.5. The minimum Gasteiger partial charge on any atom is -0.288 e. The van der Waals surface area contributed by atoms with Crippen LogP contribution in [0.1, 0.15) is 47.1 Å². The molecule has 1 aromatic heterocycles. The molecule has 3 heteroatoms. The minimum absolute atomic E-state index is 0.0532. The van der Waals surface area contributed by atoms with Crippen molar-refractivity contribution in [2.24, 2.45) is 0 Å². The second kappa shape index (κ2) is 5.10. The Morgan fingerprint density at radius 2 is 1.84 bits per heavy atom. The Morgan fingerprint density at radius 1 is 1.21 bits per heavy atom. The fourth-order valence-electron chi connectivity index (χ4n) is 2.04. The monoisotopic (exact) mass is 292 g/mol. The third-order valence-electron chi connectivity index (χ3n) is 3.06. The van der Waals surface area contributed by atoms with E-state index in [0.717, 1.165) is 16.7 Å². The molecule has 1 nitrogen and oxygen atoms in total. The first kappa shape index (κ1) is 14.3. The summed E-state index contributed by atoms with van der Waals surface area (Å²) in [5.74, 6) is 0.0607. The summed E-state index contributed by atoms with van der Waals surface area (Å²) in [4.78, 5) is 13.3. The number of carbonyl (C=O) groups excluding carboxylic acids is 1. The van der Waals surface area contributed by atoms with Crippen molar-refractivity contribution in [1.82, 2.24) is 0 Å². The van der Waals surface area contributed by atoms with Gasteiger partial charge in [0.05, 0.1) is 9.21 Å². The molecule has 2 rings (SSSR count). The van der Waals surface area contributed by atoms with Crippen LogP contribution in [-0.4, -0.2) is 5.78 Å². The molecule has 0 amide bonds. The van der Waals surface area contributed by atoms with Gasteiger partial charge in [-0.25, -0.2) is 0 Å². The van der Waals surface area contributed by atoms with Gasteiger partial charge in [-0.1, -0.05) is 56.6 Å². The van der Waals surface area contributed by atoms with Crippen molar-refractivity contribution in [3.63, 3.8) is 0 Å². The summed E-state index contributed by atoms with van der Waals surface area (Å²) in [6, 6.07) is 9.67. The average Bonchev–Trinajstić information content (AvgIpc) is 2.68. The van der Waals surface area contributed by atoms with Gasteiger partial charge in [-0.2, -0.15) is 0 Å². The van der Waals surface area contributed by atoms with E-state index in [1.807, 2.05) is 37.3 Å². The summed E-state index contributed by atoms with van der Waals surface area (Å²) in [5, 5.41) is 0. The van der Waals surface area contributed by atoms with Gasteiger partial charge in [-0.05, 0) is 29.5 Å². The molecule has 100 valence electrons. The summed E-state index contributed by atoms with van der Waals surface area (Å²) >= 11 is 7.41. The first-order chi connectivity index (χ1) is 8.80. The molecule has 0 saturated heterocycles. The maximum Gasteiger partial charge on any atom is 0.203 e. The van der Waals surface area contributed by atoms with Crippen LogP contribution < -0.4 is 0 Å². The Balaban J connectivity index is 2.51. The van der Waals surface area contributed by atoms with Gasteiger partial charge in [-0.3, -0.25) is 4.79 Å². The molecule has 0 unspecified atom stereocenters. The predicted octanol–water partition coefficient (Wildman–Crippen LogP) is 5.24. The first-order valence-corrected chi connectivity index (χ1v) is 7.40. The quantitative estimate of drug-likeness (QED) is 0.692. The molecule has 0 atom stereocenters. The third kappa shape index (κ3) is 2.90. The largest absolute Gasteiger partial charge is 0.288 e. The van der Waals surface area contributed by atoms with E-state index in [4.69, 9.17) is 11.6 Å². The summed E-state index contributed by atoms with van der Waals surface area (Å²) in [6.45, 7) is 8.27. The van der Waals surface area contributed by atoms with Gasteiger partial charge in [0, 0.05) is 5.56 Å². The third-order valence-corrected chi connectivity index (χ3v) is 4.61. The molecule has 1 aromatic carbocycles. The van der Waals surface area contributed by atoms with E-state index in [1.165, 1.54) is 11.3 Å². The second-order valence-electron chi connectivity index (χ2n) is 5.69. The van der Waals surface area contributed by atoms with E-state index < -0.39 is 0 Å². The maximum absolute atomic E-state index is 12.6. The second-order valence-corrected chi connectivity index (χ2v) is 7.35. The van der Waals surface area contributed by atoms with Crippen molar-refractivity contribution < 1.29 is 4.79 Å². The highest BCUT2D eigenvalue weighted by Gasteiger charge is 2.23. The topological polar surface area (TPSA) is 17.1 Å². The number of thiophene rings is 1. The number of hydrogen-bond acceptors (Lipinski definition) is 2. The van der Waals surface area contributed by atoms with Gasteiger partial charge in [0.15, 0.2) is 0 Å². The number of ketones is 1. The maximum atomic E-state index is 12.6. The van der Waals surface area contributed by atoms with Crippen LogP contribution in [0, 0.1) is 6.92 Å². The Bertz CT molecular complexity index is 600. The molecular weight excluding hydrogens is 276 g/mol. The molecule has 1 heterocycles. The molecule has 19 heavy (non-hydrogen) atoms. The molecule has 0 radical (unpaired) electrons. The van der Waals surface area contributed by atoms with Crippen molar-refractivity contribution in [3.05, 3.63) is 56.2 Å². The molecule has 0 aliphatic rings. The number of benzene rings is 1. The Hall–Kier alpha value is -1.12. The smallest absolute Gasteiger partial charge is 0.203 e. The van der Waals surface area contributed by atoms with Crippen LogP contribution in [0.3, 0.4) is 0 Å². The number of aryl methyl sites for hydroxylation is 1. The van der Waals surface area contributed by atoms with Crippen molar-refractivity contribution in [1.29, 1.82) is 0 Å². The lowest BCUT2D eigenvalue weighted by Gasteiger charge is -2.22. The molecule has 0 spiro atoms. The number of carbonyl (C=O) groups is 1. The Labute approximate surface area is 123 Å². The van der Waals surface area contributed by atoms with Crippen LogP contribution >= 0.6 is 22.9 Å². The normalized spacial score (nSPS) is 11.6. The highest BCUT2D eigenvalue weighted by molar-refractivity contribution is 7.18. The van der Waals surface area contributed by atoms with Crippen molar-refractivity contribution in [2.45, 2.75) is 33.1 Å². The van der Waals surface area contributed by atoms with Crippen LogP contribution in [0.5, 0.6) is 0 Å². The van der Waals surface area contributed by atoms with Gasteiger partial charge in [0.1, 0.15) is 0 Å². The lowest BCUT2D eigenvalue weighted by molar-refractivity contribution is 0.104. The molecule has 0 aliphatic carbocycles. The van der Waals surface area contributed by atoms with Gasteiger partial charge in [-0.15, -0.1) is 11.3 Å². The fourth-order valence-corrected chi connectivity index (χ4v) is 3.19. The van der Waals surface area contributed by atoms with Crippen LogP contribution in [0.2, 0.25) is 4.34 Å². The molecular formula is C16H17ClOS. The minimum atomic E-state index is -0.0532.